The molecule has 1 aromatic carbocycles. The maximum absolute atomic E-state index is 13.0. The number of hydrogen-bond donors (Lipinski definition) is 0. The van der Waals surface area contributed by atoms with Crippen LogP contribution in [0.1, 0.15) is 78.2 Å². The Hall–Kier alpha value is -1.95. The van der Waals surface area contributed by atoms with Crippen LogP contribution >= 0.6 is 11.3 Å². The summed E-state index contributed by atoms with van der Waals surface area (Å²) in [4.78, 5) is 18.0. The molecule has 0 N–H and O–H groups in total. The van der Waals surface area contributed by atoms with E-state index < -0.39 is 14.7 Å². The molecular formula is C30H44F3NO5SSi. The number of benzene rings is 1. The number of ether oxygens (including phenoxy) is 3. The van der Waals surface area contributed by atoms with Crippen LogP contribution in [-0.4, -0.2) is 50.6 Å². The highest BCUT2D eigenvalue weighted by Gasteiger charge is 2.49. The lowest BCUT2D eigenvalue weighted by molar-refractivity contribution is -0.274. The molecule has 1 aromatic heterocycles. The minimum Gasteiger partial charge on any atom is -0.466 e. The molecule has 0 spiro atoms. The Balaban J connectivity index is 2.01. The zero-order chi connectivity index (χ0) is 30.6. The van der Waals surface area contributed by atoms with Gasteiger partial charge in [-0.2, -0.15) is 0 Å². The second-order valence-corrected chi connectivity index (χ2v) is 17.8. The van der Waals surface area contributed by atoms with E-state index in [-0.39, 0.29) is 46.9 Å². The molecule has 1 heterocycles. The summed E-state index contributed by atoms with van der Waals surface area (Å²) in [5, 5.41) is 2.67. The van der Waals surface area contributed by atoms with Crippen molar-refractivity contribution >= 4 is 25.6 Å². The molecule has 0 radical (unpaired) electrons. The summed E-state index contributed by atoms with van der Waals surface area (Å²) in [5.74, 6) is -1.09. The topological polar surface area (TPSA) is 66.9 Å². The van der Waals surface area contributed by atoms with Crippen LogP contribution in [0.5, 0.6) is 5.75 Å². The molecule has 0 aliphatic heterocycles. The third kappa shape index (κ3) is 8.78. The van der Waals surface area contributed by atoms with Crippen molar-refractivity contribution in [1.82, 2.24) is 4.98 Å². The van der Waals surface area contributed by atoms with E-state index in [1.165, 1.54) is 23.5 Å². The SMILES string of the molecule is CCOC(=O)[C@@H]1C[C@H](c2nc(-c3ccc(OC(F)(F)F)cc3)cs2)[C@H](O[Si](C)(C)C(C)(C)C)[C@H](OC(CC)CC)C1. The van der Waals surface area contributed by atoms with E-state index in [4.69, 9.17) is 18.9 Å². The Morgan fingerprint density at radius 2 is 1.71 bits per heavy atom. The second-order valence-electron chi connectivity index (χ2n) is 12.1. The number of carbonyl (C=O) groups is 1. The summed E-state index contributed by atoms with van der Waals surface area (Å²) in [5.41, 5.74) is 1.32. The highest BCUT2D eigenvalue weighted by Crippen LogP contribution is 2.46. The van der Waals surface area contributed by atoms with Gasteiger partial charge in [0.25, 0.3) is 0 Å². The molecule has 2 aromatic rings. The molecule has 0 saturated heterocycles. The molecule has 11 heteroatoms. The number of alkyl halides is 3. The molecule has 0 unspecified atom stereocenters. The van der Waals surface area contributed by atoms with E-state index in [0.29, 0.717) is 30.7 Å². The molecule has 1 fully saturated rings. The third-order valence-electron chi connectivity index (χ3n) is 8.18. The van der Waals surface area contributed by atoms with E-state index in [9.17, 15) is 18.0 Å². The van der Waals surface area contributed by atoms with E-state index in [2.05, 4.69) is 52.4 Å². The first-order valence-electron chi connectivity index (χ1n) is 14.4. The normalized spacial score (nSPS) is 22.1. The first kappa shape index (κ1) is 33.5. The minimum absolute atomic E-state index is 0.0383. The van der Waals surface area contributed by atoms with Crippen LogP contribution in [0, 0.1) is 5.92 Å². The van der Waals surface area contributed by atoms with Crippen molar-refractivity contribution in [2.24, 2.45) is 5.92 Å². The quantitative estimate of drug-likeness (QED) is 0.186. The van der Waals surface area contributed by atoms with Crippen molar-refractivity contribution in [2.75, 3.05) is 6.61 Å². The Bertz CT molecular complexity index is 1130. The van der Waals surface area contributed by atoms with Crippen molar-refractivity contribution in [3.05, 3.63) is 34.7 Å². The Morgan fingerprint density at radius 1 is 1.07 bits per heavy atom. The van der Waals surface area contributed by atoms with Crippen LogP contribution < -0.4 is 4.74 Å². The van der Waals surface area contributed by atoms with Crippen molar-refractivity contribution in [3.63, 3.8) is 0 Å². The van der Waals surface area contributed by atoms with Crippen molar-refractivity contribution < 1.29 is 36.6 Å². The molecule has 3 rings (SSSR count). The van der Waals surface area contributed by atoms with Crippen molar-refractivity contribution in [2.45, 2.75) is 116 Å². The number of aromatic nitrogens is 1. The number of rotatable bonds is 11. The fraction of sp³-hybridized carbons (Fsp3) is 0.667. The summed E-state index contributed by atoms with van der Waals surface area (Å²) >= 11 is 1.47. The zero-order valence-electron chi connectivity index (χ0n) is 25.3. The highest BCUT2D eigenvalue weighted by atomic mass is 32.1. The predicted octanol–water partition coefficient (Wildman–Crippen LogP) is 8.73. The lowest BCUT2D eigenvalue weighted by Crippen LogP contribution is -2.53. The third-order valence-corrected chi connectivity index (χ3v) is 13.6. The van der Waals surface area contributed by atoms with Crippen LogP contribution in [0.15, 0.2) is 29.6 Å². The fourth-order valence-electron chi connectivity index (χ4n) is 4.86. The summed E-state index contributed by atoms with van der Waals surface area (Å²) < 4.78 is 61.0. The average molecular weight is 616 g/mol. The smallest absolute Gasteiger partial charge is 0.466 e. The largest absolute Gasteiger partial charge is 0.573 e. The van der Waals surface area contributed by atoms with Crippen LogP contribution in [-0.2, 0) is 18.7 Å². The van der Waals surface area contributed by atoms with Crippen molar-refractivity contribution in [3.8, 4) is 17.0 Å². The Kier molecular flexibility index (Phi) is 11.1. The highest BCUT2D eigenvalue weighted by molar-refractivity contribution is 7.10. The first-order valence-corrected chi connectivity index (χ1v) is 18.2. The van der Waals surface area contributed by atoms with Gasteiger partial charge in [0.15, 0.2) is 8.32 Å². The summed E-state index contributed by atoms with van der Waals surface area (Å²) in [6.07, 6.45) is -2.59. The van der Waals surface area contributed by atoms with Gasteiger partial charge in [-0.3, -0.25) is 4.79 Å². The summed E-state index contributed by atoms with van der Waals surface area (Å²) in [6.45, 7) is 17.3. The van der Waals surface area contributed by atoms with E-state index >= 15 is 0 Å². The van der Waals surface area contributed by atoms with Gasteiger partial charge in [-0.25, -0.2) is 4.98 Å². The number of esters is 1. The van der Waals surface area contributed by atoms with Crippen LogP contribution in [0.3, 0.4) is 0 Å². The molecule has 0 bridgehead atoms. The Labute approximate surface area is 247 Å². The van der Waals surface area contributed by atoms with Gasteiger partial charge in [-0.05, 0) is 75.0 Å². The fourth-order valence-corrected chi connectivity index (χ4v) is 7.19. The molecule has 41 heavy (non-hydrogen) atoms. The van der Waals surface area contributed by atoms with Crippen molar-refractivity contribution in [1.29, 1.82) is 0 Å². The number of hydrogen-bond acceptors (Lipinski definition) is 7. The van der Waals surface area contributed by atoms with Gasteiger partial charge in [-0.15, -0.1) is 24.5 Å². The van der Waals surface area contributed by atoms with Gasteiger partial charge in [-0.1, -0.05) is 34.6 Å². The molecule has 1 aliphatic carbocycles. The molecule has 4 atom stereocenters. The Morgan fingerprint density at radius 3 is 2.24 bits per heavy atom. The number of nitrogens with zero attached hydrogens (tertiary/aromatic N) is 1. The number of carbonyl (C=O) groups excluding carboxylic acids is 1. The van der Waals surface area contributed by atoms with Gasteiger partial charge in [0, 0.05) is 16.9 Å². The zero-order valence-corrected chi connectivity index (χ0v) is 27.2. The standard InChI is InChI=1S/C30H44F3NO5SSi/c1-9-21(10-2)37-25-17-20(28(35)36-11-3)16-23(26(25)39-41(7,8)29(4,5)6)27-34-24(18-40-27)19-12-14-22(15-13-19)38-30(31,32)33/h12-15,18,20-21,23,25-26H,9-11,16-17H2,1-8H3/t20-,23+,25-,26+/m1/s1. The predicted molar refractivity (Wildman–Crippen MR) is 158 cm³/mol. The molecule has 1 saturated carbocycles. The van der Waals surface area contributed by atoms with Gasteiger partial charge < -0.3 is 18.6 Å². The summed E-state index contributed by atoms with van der Waals surface area (Å²) in [6, 6.07) is 5.68. The average Bonchev–Trinajstić information content (AvgIpc) is 3.37. The molecular weight excluding hydrogens is 571 g/mol. The minimum atomic E-state index is -4.75. The van der Waals surface area contributed by atoms with E-state index in [1.54, 1.807) is 19.1 Å². The maximum atomic E-state index is 13.0. The molecule has 1 aliphatic rings. The second kappa shape index (κ2) is 13.6. The molecule has 230 valence electrons. The van der Waals surface area contributed by atoms with Crippen LogP contribution in [0.25, 0.3) is 11.3 Å². The lowest BCUT2D eigenvalue weighted by atomic mass is 9.77. The lowest BCUT2D eigenvalue weighted by Gasteiger charge is -2.47. The van der Waals surface area contributed by atoms with E-state index in [0.717, 1.165) is 17.8 Å². The number of halogens is 3. The first-order chi connectivity index (χ1) is 19.1. The number of thiazole rings is 1. The van der Waals surface area contributed by atoms with Crippen LogP contribution in [0.2, 0.25) is 18.1 Å². The molecule has 0 amide bonds. The monoisotopic (exact) mass is 615 g/mol. The van der Waals surface area contributed by atoms with E-state index in [1.807, 2.05) is 5.38 Å². The molecule has 6 nitrogen and oxygen atoms in total. The van der Waals surface area contributed by atoms with Gasteiger partial charge in [0.2, 0.25) is 0 Å². The van der Waals surface area contributed by atoms with Gasteiger partial charge in [0.1, 0.15) is 5.75 Å². The summed E-state index contributed by atoms with van der Waals surface area (Å²) in [7, 11) is -2.25. The maximum Gasteiger partial charge on any atom is 0.573 e. The van der Waals surface area contributed by atoms with Gasteiger partial charge >= 0.3 is 12.3 Å². The van der Waals surface area contributed by atoms with Crippen LogP contribution in [0.4, 0.5) is 13.2 Å². The van der Waals surface area contributed by atoms with Gasteiger partial charge in [0.05, 0.1) is 41.5 Å².